The van der Waals surface area contributed by atoms with Gasteiger partial charge in [0.1, 0.15) is 5.75 Å². The highest BCUT2D eigenvalue weighted by Crippen LogP contribution is 2.31. The van der Waals surface area contributed by atoms with Crippen molar-refractivity contribution in [2.24, 2.45) is 0 Å². The number of hydrogen-bond acceptors (Lipinski definition) is 3. The number of methoxy groups -OCH3 is 1. The van der Waals surface area contributed by atoms with Gasteiger partial charge < -0.3 is 15.0 Å². The van der Waals surface area contributed by atoms with Crippen LogP contribution in [0.25, 0.3) is 11.1 Å². The summed E-state index contributed by atoms with van der Waals surface area (Å²) in [5, 5.41) is 3.08. The molecule has 1 amide bonds. The molecule has 1 aliphatic carbocycles. The smallest absolute Gasteiger partial charge is 0.251 e. The van der Waals surface area contributed by atoms with Gasteiger partial charge >= 0.3 is 0 Å². The zero-order valence-electron chi connectivity index (χ0n) is 20.4. The Hall–Kier alpha value is -3.11. The van der Waals surface area contributed by atoms with Gasteiger partial charge in [-0.1, -0.05) is 61.5 Å². The molecule has 0 saturated carbocycles. The summed E-state index contributed by atoms with van der Waals surface area (Å²) < 4.78 is 5.56. The van der Waals surface area contributed by atoms with Gasteiger partial charge in [-0.3, -0.25) is 4.79 Å². The molecule has 0 spiro atoms. The van der Waals surface area contributed by atoms with E-state index in [0.29, 0.717) is 18.2 Å². The highest BCUT2D eigenvalue weighted by Gasteiger charge is 2.24. The number of amides is 1. The largest absolute Gasteiger partial charge is 0.496 e. The van der Waals surface area contributed by atoms with Gasteiger partial charge in [0, 0.05) is 18.2 Å². The van der Waals surface area contributed by atoms with Gasteiger partial charge in [-0.05, 0) is 85.6 Å². The molecule has 0 radical (unpaired) electrons. The predicted octanol–water partition coefficient (Wildman–Crippen LogP) is 5.75. The number of fused-ring (bicyclic) bond motifs is 1. The molecule has 0 saturated heterocycles. The molecule has 4 nitrogen and oxygen atoms in total. The summed E-state index contributed by atoms with van der Waals surface area (Å²) in [4.78, 5) is 15.1. The SMILES string of the molecule is CCN(CCCCNC(=O)c1ccc(-c2ccccc2)cc1)C1CCc2c(cccc2OC)C1. The number of ether oxygens (including phenoxy) is 1. The zero-order chi connectivity index (χ0) is 23.8. The first-order valence-corrected chi connectivity index (χ1v) is 12.5. The van der Waals surface area contributed by atoms with Crippen LogP contribution in [-0.2, 0) is 12.8 Å². The molecule has 1 unspecified atom stereocenters. The minimum atomic E-state index is 0.00444. The minimum absolute atomic E-state index is 0.00444. The van der Waals surface area contributed by atoms with Crippen LogP contribution in [0.1, 0.15) is 47.7 Å². The number of carbonyl (C=O) groups is 1. The van der Waals surface area contributed by atoms with Gasteiger partial charge in [-0.25, -0.2) is 0 Å². The van der Waals surface area contributed by atoms with Crippen LogP contribution in [0, 0.1) is 0 Å². The maximum atomic E-state index is 12.5. The van der Waals surface area contributed by atoms with E-state index in [1.54, 1.807) is 7.11 Å². The van der Waals surface area contributed by atoms with Crippen molar-refractivity contribution in [3.8, 4) is 16.9 Å². The van der Waals surface area contributed by atoms with Crippen molar-refractivity contribution in [2.75, 3.05) is 26.7 Å². The van der Waals surface area contributed by atoms with Gasteiger partial charge in [0.15, 0.2) is 0 Å². The molecule has 1 aliphatic rings. The molecule has 34 heavy (non-hydrogen) atoms. The van der Waals surface area contributed by atoms with Gasteiger partial charge in [0.05, 0.1) is 7.11 Å². The summed E-state index contributed by atoms with van der Waals surface area (Å²) in [7, 11) is 1.76. The Labute approximate surface area is 204 Å². The first-order valence-electron chi connectivity index (χ1n) is 12.5. The van der Waals surface area contributed by atoms with Crippen molar-refractivity contribution in [1.29, 1.82) is 0 Å². The number of carbonyl (C=O) groups excluding carboxylic acids is 1. The van der Waals surface area contributed by atoms with E-state index in [4.69, 9.17) is 4.74 Å². The van der Waals surface area contributed by atoms with Crippen molar-refractivity contribution >= 4 is 5.91 Å². The molecule has 1 atom stereocenters. The summed E-state index contributed by atoms with van der Waals surface area (Å²) in [5.74, 6) is 1.04. The van der Waals surface area contributed by atoms with E-state index in [9.17, 15) is 4.79 Å². The topological polar surface area (TPSA) is 41.6 Å². The van der Waals surface area contributed by atoms with Gasteiger partial charge in [-0.15, -0.1) is 0 Å². The van der Waals surface area contributed by atoms with E-state index < -0.39 is 0 Å². The number of unbranched alkanes of at least 4 members (excludes halogenated alkanes) is 1. The number of likely N-dealkylation sites (N-methyl/N-ethyl adjacent to an activating group) is 1. The molecular formula is C30H36N2O2. The molecule has 4 rings (SSSR count). The van der Waals surface area contributed by atoms with Crippen LogP contribution in [0.15, 0.2) is 72.8 Å². The van der Waals surface area contributed by atoms with E-state index in [-0.39, 0.29) is 5.91 Å². The standard InChI is InChI=1S/C30H36N2O2/c1-3-32(27-18-19-28-26(22-27)12-9-13-29(28)34-2)21-8-7-20-31-30(33)25-16-14-24(15-17-25)23-10-5-4-6-11-23/h4-6,9-17,27H,3,7-8,18-22H2,1-2H3,(H,31,33). The monoisotopic (exact) mass is 456 g/mol. The van der Waals surface area contributed by atoms with Crippen molar-refractivity contribution in [3.63, 3.8) is 0 Å². The molecule has 0 aliphatic heterocycles. The van der Waals surface area contributed by atoms with Crippen molar-refractivity contribution < 1.29 is 9.53 Å². The fraction of sp³-hybridized carbons (Fsp3) is 0.367. The van der Waals surface area contributed by atoms with Crippen molar-refractivity contribution in [3.05, 3.63) is 89.5 Å². The number of rotatable bonds is 10. The zero-order valence-corrected chi connectivity index (χ0v) is 20.4. The average Bonchev–Trinajstić information content (AvgIpc) is 2.90. The molecule has 0 heterocycles. The lowest BCUT2D eigenvalue weighted by atomic mass is 9.86. The predicted molar refractivity (Wildman–Crippen MR) is 139 cm³/mol. The summed E-state index contributed by atoms with van der Waals surface area (Å²) in [6.07, 6.45) is 5.43. The lowest BCUT2D eigenvalue weighted by Crippen LogP contribution is -2.40. The van der Waals surface area contributed by atoms with Gasteiger partial charge in [0.2, 0.25) is 0 Å². The van der Waals surface area contributed by atoms with E-state index in [1.807, 2.05) is 42.5 Å². The Morgan fingerprint density at radius 1 is 0.971 bits per heavy atom. The molecule has 4 heteroatoms. The van der Waals surface area contributed by atoms with Gasteiger partial charge in [0.25, 0.3) is 5.91 Å². The molecule has 1 N–H and O–H groups in total. The molecule has 178 valence electrons. The van der Waals surface area contributed by atoms with E-state index in [2.05, 4.69) is 47.5 Å². The van der Waals surface area contributed by atoms with E-state index in [0.717, 1.165) is 55.6 Å². The lowest BCUT2D eigenvalue weighted by Gasteiger charge is -2.35. The summed E-state index contributed by atoms with van der Waals surface area (Å²) >= 11 is 0. The van der Waals surface area contributed by atoms with Gasteiger partial charge in [-0.2, -0.15) is 0 Å². The third-order valence-electron chi connectivity index (χ3n) is 6.97. The second-order valence-electron chi connectivity index (χ2n) is 9.03. The van der Waals surface area contributed by atoms with Crippen LogP contribution in [-0.4, -0.2) is 43.6 Å². The average molecular weight is 457 g/mol. The Kier molecular flexibility index (Phi) is 8.37. The minimum Gasteiger partial charge on any atom is -0.496 e. The molecule has 0 fully saturated rings. The van der Waals surface area contributed by atoms with Crippen LogP contribution in [0.4, 0.5) is 0 Å². The van der Waals surface area contributed by atoms with Crippen LogP contribution >= 0.6 is 0 Å². The molecule has 0 aromatic heterocycles. The highest BCUT2D eigenvalue weighted by molar-refractivity contribution is 5.94. The summed E-state index contributed by atoms with van der Waals surface area (Å²) in [5.41, 5.74) is 5.82. The summed E-state index contributed by atoms with van der Waals surface area (Å²) in [6, 6.07) is 25.1. The molecule has 3 aromatic carbocycles. The van der Waals surface area contributed by atoms with E-state index in [1.165, 1.54) is 17.5 Å². The van der Waals surface area contributed by atoms with Crippen LogP contribution in [0.5, 0.6) is 5.75 Å². The van der Waals surface area contributed by atoms with Crippen LogP contribution < -0.4 is 10.1 Å². The van der Waals surface area contributed by atoms with Crippen molar-refractivity contribution in [1.82, 2.24) is 10.2 Å². The number of hydrogen-bond donors (Lipinski definition) is 1. The second kappa shape index (κ2) is 11.8. The summed E-state index contributed by atoms with van der Waals surface area (Å²) in [6.45, 7) is 5.09. The Bertz CT molecular complexity index is 1060. The number of nitrogens with zero attached hydrogens (tertiary/aromatic N) is 1. The second-order valence-corrected chi connectivity index (χ2v) is 9.03. The Morgan fingerprint density at radius 3 is 2.47 bits per heavy atom. The maximum Gasteiger partial charge on any atom is 0.251 e. The van der Waals surface area contributed by atoms with Crippen LogP contribution in [0.2, 0.25) is 0 Å². The van der Waals surface area contributed by atoms with E-state index >= 15 is 0 Å². The Balaban J connectivity index is 1.20. The Morgan fingerprint density at radius 2 is 1.74 bits per heavy atom. The maximum absolute atomic E-state index is 12.5. The molecule has 3 aromatic rings. The first kappa shape index (κ1) is 24.0. The third-order valence-corrected chi connectivity index (χ3v) is 6.97. The number of nitrogens with one attached hydrogen (secondary N) is 1. The normalized spacial score (nSPS) is 15.1. The third kappa shape index (κ3) is 5.87. The first-order chi connectivity index (χ1) is 16.7. The lowest BCUT2D eigenvalue weighted by molar-refractivity contribution is 0.0952. The quantitative estimate of drug-likeness (QED) is 0.395. The fourth-order valence-electron chi connectivity index (χ4n) is 5.04. The fourth-order valence-corrected chi connectivity index (χ4v) is 5.04. The number of benzene rings is 3. The van der Waals surface area contributed by atoms with Crippen LogP contribution in [0.3, 0.4) is 0 Å². The van der Waals surface area contributed by atoms with Crippen molar-refractivity contribution in [2.45, 2.75) is 45.1 Å². The molecular weight excluding hydrogens is 420 g/mol. The highest BCUT2D eigenvalue weighted by atomic mass is 16.5. The molecule has 0 bridgehead atoms.